The van der Waals surface area contributed by atoms with Crippen molar-refractivity contribution in [2.45, 2.75) is 31.8 Å². The molecule has 1 unspecified atom stereocenters. The second kappa shape index (κ2) is 4.53. The van der Waals surface area contributed by atoms with Gasteiger partial charge in [-0.1, -0.05) is 0 Å². The molecule has 0 aliphatic heterocycles. The van der Waals surface area contributed by atoms with Gasteiger partial charge in [0.2, 0.25) is 0 Å². The Morgan fingerprint density at radius 2 is 2.20 bits per heavy atom. The maximum atomic E-state index is 11.6. The Bertz CT molecular complexity index is 337. The molecule has 0 N–H and O–H groups in total. The van der Waals surface area contributed by atoms with Crippen LogP contribution in [-0.2, 0) is 11.3 Å². The SMILES string of the molecule is CN(Cc1ccncc1)C1CCCC1=O. The molecule has 1 heterocycles. The summed E-state index contributed by atoms with van der Waals surface area (Å²) in [7, 11) is 2.02. The Morgan fingerprint density at radius 3 is 2.80 bits per heavy atom. The van der Waals surface area contributed by atoms with E-state index in [1.54, 1.807) is 12.4 Å². The highest BCUT2D eigenvalue weighted by Gasteiger charge is 2.27. The molecule has 1 saturated carbocycles. The molecular weight excluding hydrogens is 188 g/mol. The predicted molar refractivity (Wildman–Crippen MR) is 58.4 cm³/mol. The Labute approximate surface area is 90.1 Å². The van der Waals surface area contributed by atoms with Crippen molar-refractivity contribution in [3.05, 3.63) is 30.1 Å². The number of carbonyl (C=O) groups is 1. The van der Waals surface area contributed by atoms with Crippen LogP contribution in [0.3, 0.4) is 0 Å². The minimum atomic E-state index is 0.137. The molecule has 0 aromatic carbocycles. The first-order valence-corrected chi connectivity index (χ1v) is 5.39. The summed E-state index contributed by atoms with van der Waals surface area (Å²) in [4.78, 5) is 17.7. The van der Waals surface area contributed by atoms with Crippen molar-refractivity contribution in [2.24, 2.45) is 0 Å². The van der Waals surface area contributed by atoms with Gasteiger partial charge in [-0.25, -0.2) is 0 Å². The molecule has 0 amide bonds. The molecule has 1 aliphatic carbocycles. The van der Waals surface area contributed by atoms with Gasteiger partial charge in [0, 0.05) is 25.4 Å². The van der Waals surface area contributed by atoms with Gasteiger partial charge in [0.25, 0.3) is 0 Å². The molecule has 1 atom stereocenters. The lowest BCUT2D eigenvalue weighted by molar-refractivity contribution is -0.121. The van der Waals surface area contributed by atoms with E-state index in [2.05, 4.69) is 9.88 Å². The lowest BCUT2D eigenvalue weighted by Crippen LogP contribution is -2.34. The van der Waals surface area contributed by atoms with Crippen molar-refractivity contribution < 1.29 is 4.79 Å². The molecule has 2 rings (SSSR count). The van der Waals surface area contributed by atoms with E-state index in [-0.39, 0.29) is 6.04 Å². The second-order valence-corrected chi connectivity index (χ2v) is 4.14. The van der Waals surface area contributed by atoms with Crippen LogP contribution in [0.1, 0.15) is 24.8 Å². The minimum Gasteiger partial charge on any atom is -0.298 e. The third kappa shape index (κ3) is 2.42. The maximum absolute atomic E-state index is 11.6. The zero-order valence-corrected chi connectivity index (χ0v) is 9.02. The number of rotatable bonds is 3. The van der Waals surface area contributed by atoms with Gasteiger partial charge in [0.1, 0.15) is 5.78 Å². The number of carbonyl (C=O) groups excluding carboxylic acids is 1. The average Bonchev–Trinajstić information content (AvgIpc) is 2.66. The molecule has 15 heavy (non-hydrogen) atoms. The number of nitrogens with zero attached hydrogens (tertiary/aromatic N) is 2. The Balaban J connectivity index is 1.97. The van der Waals surface area contributed by atoms with Gasteiger partial charge in [-0.3, -0.25) is 14.7 Å². The average molecular weight is 204 g/mol. The zero-order chi connectivity index (χ0) is 10.7. The van der Waals surface area contributed by atoms with E-state index >= 15 is 0 Å². The molecule has 3 heteroatoms. The highest BCUT2D eigenvalue weighted by molar-refractivity contribution is 5.85. The van der Waals surface area contributed by atoms with Crippen molar-refractivity contribution in [1.82, 2.24) is 9.88 Å². The van der Waals surface area contributed by atoms with Gasteiger partial charge in [-0.2, -0.15) is 0 Å². The summed E-state index contributed by atoms with van der Waals surface area (Å²) in [6.07, 6.45) is 6.40. The van der Waals surface area contributed by atoms with Gasteiger partial charge in [0.15, 0.2) is 0 Å². The standard InChI is InChI=1S/C12H16N2O/c1-14(11-3-2-4-12(11)15)9-10-5-7-13-8-6-10/h5-8,11H,2-4,9H2,1H3. The third-order valence-corrected chi connectivity index (χ3v) is 2.99. The highest BCUT2D eigenvalue weighted by Crippen LogP contribution is 2.20. The highest BCUT2D eigenvalue weighted by atomic mass is 16.1. The number of aromatic nitrogens is 1. The molecule has 0 spiro atoms. The lowest BCUT2D eigenvalue weighted by Gasteiger charge is -2.22. The molecule has 3 nitrogen and oxygen atoms in total. The van der Waals surface area contributed by atoms with Crippen molar-refractivity contribution in [3.8, 4) is 0 Å². The van der Waals surface area contributed by atoms with Crippen molar-refractivity contribution in [2.75, 3.05) is 7.05 Å². The van der Waals surface area contributed by atoms with Crippen LogP contribution in [0.15, 0.2) is 24.5 Å². The third-order valence-electron chi connectivity index (χ3n) is 2.99. The van der Waals surface area contributed by atoms with Gasteiger partial charge in [-0.15, -0.1) is 0 Å². The maximum Gasteiger partial charge on any atom is 0.149 e. The molecule has 1 aromatic heterocycles. The summed E-state index contributed by atoms with van der Waals surface area (Å²) < 4.78 is 0. The number of hydrogen-bond acceptors (Lipinski definition) is 3. The number of Topliss-reactive ketones (excluding diaryl/α,β-unsaturated/α-hetero) is 1. The van der Waals surface area contributed by atoms with E-state index < -0.39 is 0 Å². The van der Waals surface area contributed by atoms with E-state index in [1.165, 1.54) is 5.56 Å². The predicted octanol–water partition coefficient (Wildman–Crippen LogP) is 1.64. The summed E-state index contributed by atoms with van der Waals surface area (Å²) in [5, 5.41) is 0. The Kier molecular flexibility index (Phi) is 3.11. The monoisotopic (exact) mass is 204 g/mol. The zero-order valence-electron chi connectivity index (χ0n) is 9.02. The van der Waals surface area contributed by atoms with Crippen LogP contribution in [0.5, 0.6) is 0 Å². The molecular formula is C12H16N2O. The van der Waals surface area contributed by atoms with Crippen LogP contribution >= 0.6 is 0 Å². The fourth-order valence-electron chi connectivity index (χ4n) is 2.15. The van der Waals surface area contributed by atoms with Crippen molar-refractivity contribution in [1.29, 1.82) is 0 Å². The smallest absolute Gasteiger partial charge is 0.149 e. The van der Waals surface area contributed by atoms with E-state index in [1.807, 2.05) is 19.2 Å². The molecule has 1 aliphatic rings. The quantitative estimate of drug-likeness (QED) is 0.750. The minimum absolute atomic E-state index is 0.137. The molecule has 1 aromatic rings. The Hall–Kier alpha value is -1.22. The second-order valence-electron chi connectivity index (χ2n) is 4.14. The van der Waals surface area contributed by atoms with E-state index in [0.717, 1.165) is 25.8 Å². The van der Waals surface area contributed by atoms with Crippen LogP contribution in [0, 0.1) is 0 Å². The first kappa shape index (κ1) is 10.3. The first-order chi connectivity index (χ1) is 7.27. The van der Waals surface area contributed by atoms with Gasteiger partial charge < -0.3 is 0 Å². The molecule has 1 fully saturated rings. The van der Waals surface area contributed by atoms with E-state index in [4.69, 9.17) is 0 Å². The molecule has 0 radical (unpaired) electrons. The largest absolute Gasteiger partial charge is 0.298 e. The lowest BCUT2D eigenvalue weighted by atomic mass is 10.2. The molecule has 80 valence electrons. The summed E-state index contributed by atoms with van der Waals surface area (Å²) in [5.41, 5.74) is 1.22. The van der Waals surface area contributed by atoms with Gasteiger partial charge >= 0.3 is 0 Å². The number of pyridine rings is 1. The molecule has 0 saturated heterocycles. The fraction of sp³-hybridized carbons (Fsp3) is 0.500. The van der Waals surface area contributed by atoms with Gasteiger partial charge in [-0.05, 0) is 37.6 Å². The van der Waals surface area contributed by atoms with Crippen molar-refractivity contribution >= 4 is 5.78 Å². The van der Waals surface area contributed by atoms with Crippen LogP contribution in [0.25, 0.3) is 0 Å². The van der Waals surface area contributed by atoms with Gasteiger partial charge in [0.05, 0.1) is 6.04 Å². The van der Waals surface area contributed by atoms with Crippen LogP contribution in [0.4, 0.5) is 0 Å². The fourth-order valence-corrected chi connectivity index (χ4v) is 2.15. The van der Waals surface area contributed by atoms with E-state index in [9.17, 15) is 4.79 Å². The van der Waals surface area contributed by atoms with Crippen molar-refractivity contribution in [3.63, 3.8) is 0 Å². The number of hydrogen-bond donors (Lipinski definition) is 0. The summed E-state index contributed by atoms with van der Waals surface area (Å²) in [6, 6.07) is 4.13. The van der Waals surface area contributed by atoms with Crippen LogP contribution in [0.2, 0.25) is 0 Å². The topological polar surface area (TPSA) is 33.2 Å². The summed E-state index contributed by atoms with van der Waals surface area (Å²) in [5.74, 6) is 0.395. The van der Waals surface area contributed by atoms with Crippen LogP contribution < -0.4 is 0 Å². The molecule has 0 bridgehead atoms. The van der Waals surface area contributed by atoms with E-state index in [0.29, 0.717) is 5.78 Å². The normalized spacial score (nSPS) is 21.2. The Morgan fingerprint density at radius 1 is 1.47 bits per heavy atom. The van der Waals surface area contributed by atoms with Crippen LogP contribution in [-0.4, -0.2) is 28.8 Å². The summed E-state index contributed by atoms with van der Waals surface area (Å²) >= 11 is 0. The number of likely N-dealkylation sites (N-methyl/N-ethyl adjacent to an activating group) is 1. The number of ketones is 1. The summed E-state index contributed by atoms with van der Waals surface area (Å²) in [6.45, 7) is 0.832. The first-order valence-electron chi connectivity index (χ1n) is 5.39.